The van der Waals surface area contributed by atoms with E-state index in [1.54, 1.807) is 12.1 Å². The number of aliphatic hydroxyl groups is 1. The highest BCUT2D eigenvalue weighted by Crippen LogP contribution is 2.33. The van der Waals surface area contributed by atoms with E-state index in [0.29, 0.717) is 24.8 Å². The van der Waals surface area contributed by atoms with Gasteiger partial charge in [-0.05, 0) is 43.2 Å². The Hall–Kier alpha value is -2.80. The van der Waals surface area contributed by atoms with E-state index in [1.165, 1.54) is 6.07 Å². The Morgan fingerprint density at radius 3 is 2.62 bits per heavy atom. The third-order valence-electron chi connectivity index (χ3n) is 4.37. The lowest BCUT2D eigenvalue weighted by Crippen LogP contribution is -2.08. The second-order valence-corrected chi connectivity index (χ2v) is 6.94. The molecule has 1 aromatic heterocycles. The number of alkyl halides is 3. The lowest BCUT2D eigenvalue weighted by Gasteiger charge is -2.11. The third-order valence-corrected chi connectivity index (χ3v) is 4.69. The topological polar surface area (TPSA) is 63.0 Å². The second-order valence-electron chi connectivity index (χ2n) is 6.53. The SMILES string of the molecule is O=C(O)CCCc1ccccc1[OH+]Cc1ccc2nc(C(F)(F)F)cc(Cl)c2c1. The number of fused-ring (bicyclic) bond motifs is 1. The van der Waals surface area contributed by atoms with Crippen molar-refractivity contribution in [2.45, 2.75) is 32.0 Å². The van der Waals surface area contributed by atoms with Gasteiger partial charge in [-0.25, -0.2) is 4.98 Å². The van der Waals surface area contributed by atoms with Crippen molar-refractivity contribution in [1.29, 1.82) is 0 Å². The highest BCUT2D eigenvalue weighted by atomic mass is 35.5. The number of aromatic nitrogens is 1. The van der Waals surface area contributed by atoms with E-state index in [1.807, 2.05) is 24.3 Å². The monoisotopic (exact) mass is 424 g/mol. The smallest absolute Gasteiger partial charge is 0.433 e. The molecule has 8 heteroatoms. The molecule has 3 rings (SSSR count). The van der Waals surface area contributed by atoms with Gasteiger partial charge in [0, 0.05) is 29.0 Å². The molecule has 0 amide bonds. The van der Waals surface area contributed by atoms with Crippen LogP contribution in [0.25, 0.3) is 10.9 Å². The minimum absolute atomic E-state index is 0.0155. The minimum atomic E-state index is -4.56. The first-order valence-corrected chi connectivity index (χ1v) is 9.25. The number of nitrogens with zero attached hydrogens (tertiary/aromatic N) is 1. The maximum absolute atomic E-state index is 12.9. The van der Waals surface area contributed by atoms with Crippen LogP contribution in [0.15, 0.2) is 48.5 Å². The van der Waals surface area contributed by atoms with Crippen LogP contribution in [-0.2, 0) is 24.0 Å². The van der Waals surface area contributed by atoms with Crippen molar-refractivity contribution < 1.29 is 27.8 Å². The van der Waals surface area contributed by atoms with Crippen molar-refractivity contribution in [3.63, 3.8) is 0 Å². The molecule has 29 heavy (non-hydrogen) atoms. The summed E-state index contributed by atoms with van der Waals surface area (Å²) in [6, 6.07) is 13.1. The van der Waals surface area contributed by atoms with E-state index in [2.05, 4.69) is 9.72 Å². The summed E-state index contributed by atoms with van der Waals surface area (Å²) in [6.07, 6.45) is -3.36. The number of hydrogen-bond donors (Lipinski definition) is 1. The minimum Gasteiger partial charge on any atom is -0.579 e. The highest BCUT2D eigenvalue weighted by Gasteiger charge is 2.33. The fraction of sp³-hybridized carbons (Fsp3) is 0.238. The molecule has 3 aromatic rings. The normalized spacial score (nSPS) is 11.6. The molecule has 0 unspecified atom stereocenters. The van der Waals surface area contributed by atoms with Crippen molar-refractivity contribution in [3.8, 4) is 5.75 Å². The number of para-hydroxylation sites is 1. The molecule has 0 aliphatic heterocycles. The summed E-state index contributed by atoms with van der Waals surface area (Å²) in [7, 11) is 0. The molecule has 0 radical (unpaired) electrons. The molecule has 1 heterocycles. The lowest BCUT2D eigenvalue weighted by molar-refractivity contribution is -0.141. The van der Waals surface area contributed by atoms with Crippen LogP contribution in [0, 0.1) is 0 Å². The van der Waals surface area contributed by atoms with Crippen LogP contribution >= 0.6 is 11.6 Å². The van der Waals surface area contributed by atoms with Gasteiger partial charge in [0.2, 0.25) is 0 Å². The maximum atomic E-state index is 12.9. The van der Waals surface area contributed by atoms with Crippen molar-refractivity contribution in [2.24, 2.45) is 0 Å². The first kappa shape index (κ1) is 20.9. The van der Waals surface area contributed by atoms with Gasteiger partial charge in [-0.15, -0.1) is 0 Å². The van der Waals surface area contributed by atoms with Gasteiger partial charge >= 0.3 is 12.1 Å². The molecule has 2 aromatic carbocycles. The van der Waals surface area contributed by atoms with E-state index in [4.69, 9.17) is 16.7 Å². The summed E-state index contributed by atoms with van der Waals surface area (Å²) in [5.74, 6) is -0.0793. The Labute approximate surface area is 169 Å². The van der Waals surface area contributed by atoms with E-state index in [9.17, 15) is 18.0 Å². The Kier molecular flexibility index (Phi) is 6.27. The first-order chi connectivity index (χ1) is 13.7. The molecular formula is C21H18ClF3NO3+. The maximum Gasteiger partial charge on any atom is 0.433 e. The number of carboxylic acid groups (broad SMARTS) is 1. The summed E-state index contributed by atoms with van der Waals surface area (Å²) in [5, 5.41) is 9.20. The second kappa shape index (κ2) is 8.69. The van der Waals surface area contributed by atoms with E-state index < -0.39 is 17.8 Å². The number of rotatable bonds is 7. The van der Waals surface area contributed by atoms with Crippen LogP contribution in [-0.4, -0.2) is 20.8 Å². The standard InChI is InChI=1S/C21H17ClF3NO3/c22-16-11-19(21(23,24)25)26-17-9-8-13(10-15(16)17)12-29-18-6-2-1-4-14(18)5-3-7-20(27)28/h1-2,4,6,8-11H,3,5,7,12H2,(H,27,28)/p+1. The van der Waals surface area contributed by atoms with Gasteiger partial charge in [0.25, 0.3) is 5.75 Å². The van der Waals surface area contributed by atoms with Crippen molar-refractivity contribution in [1.82, 2.24) is 4.98 Å². The third kappa shape index (κ3) is 5.38. The van der Waals surface area contributed by atoms with Crippen LogP contribution < -0.4 is 0 Å². The van der Waals surface area contributed by atoms with Gasteiger partial charge in [-0.3, -0.25) is 4.79 Å². The number of halogens is 4. The van der Waals surface area contributed by atoms with Gasteiger partial charge in [0.1, 0.15) is 5.69 Å². The number of aryl methyl sites for hydroxylation is 1. The number of hydrogen-bond acceptors (Lipinski definition) is 2. The predicted molar refractivity (Wildman–Crippen MR) is 104 cm³/mol. The zero-order chi connectivity index (χ0) is 21.0. The van der Waals surface area contributed by atoms with Gasteiger partial charge in [-0.2, -0.15) is 13.2 Å². The van der Waals surface area contributed by atoms with Crippen LogP contribution in [0.1, 0.15) is 29.7 Å². The summed E-state index contributed by atoms with van der Waals surface area (Å²) in [6.45, 7) is 0.309. The van der Waals surface area contributed by atoms with Gasteiger partial charge in [-0.1, -0.05) is 23.7 Å². The van der Waals surface area contributed by atoms with E-state index in [-0.39, 0.29) is 17.0 Å². The molecule has 0 aliphatic rings. The number of aromatic hydroxyl groups is 1. The summed E-state index contributed by atoms with van der Waals surface area (Å²) < 4.78 is 43.2. The summed E-state index contributed by atoms with van der Waals surface area (Å²) >= 11 is 6.05. The van der Waals surface area contributed by atoms with Crippen LogP contribution in [0.4, 0.5) is 13.2 Å². The first-order valence-electron chi connectivity index (χ1n) is 8.87. The number of pyridine rings is 1. The average Bonchev–Trinajstić information content (AvgIpc) is 2.66. The average molecular weight is 425 g/mol. The molecule has 0 spiro atoms. The largest absolute Gasteiger partial charge is 0.579 e. The molecule has 4 nitrogen and oxygen atoms in total. The number of carbonyl (C=O) groups is 1. The van der Waals surface area contributed by atoms with Crippen LogP contribution in [0.5, 0.6) is 5.75 Å². The Morgan fingerprint density at radius 2 is 1.90 bits per heavy atom. The van der Waals surface area contributed by atoms with Crippen molar-refractivity contribution in [2.75, 3.05) is 0 Å². The Bertz CT molecular complexity index is 1040. The van der Waals surface area contributed by atoms with Gasteiger partial charge < -0.3 is 9.84 Å². The lowest BCUT2D eigenvalue weighted by atomic mass is 10.1. The fourth-order valence-corrected chi connectivity index (χ4v) is 3.21. The summed E-state index contributed by atoms with van der Waals surface area (Å²) in [4.78, 5) is 14.3. The molecule has 2 N–H and O–H groups in total. The van der Waals surface area contributed by atoms with Crippen LogP contribution in [0.3, 0.4) is 0 Å². The molecule has 0 saturated carbocycles. The molecule has 0 fully saturated rings. The summed E-state index contributed by atoms with van der Waals surface area (Å²) in [5.41, 5.74) is 0.871. The molecule has 0 bridgehead atoms. The number of ether oxygens (including phenoxy) is 1. The van der Waals surface area contributed by atoms with Gasteiger partial charge in [0.05, 0.1) is 10.5 Å². The van der Waals surface area contributed by atoms with Crippen LogP contribution in [0.2, 0.25) is 5.02 Å². The van der Waals surface area contributed by atoms with Gasteiger partial charge in [0.15, 0.2) is 6.61 Å². The molecular weight excluding hydrogens is 407 g/mol. The highest BCUT2D eigenvalue weighted by molar-refractivity contribution is 6.35. The molecule has 152 valence electrons. The van der Waals surface area contributed by atoms with Crippen molar-refractivity contribution in [3.05, 3.63) is 70.4 Å². The zero-order valence-corrected chi connectivity index (χ0v) is 16.0. The number of carboxylic acids is 1. The Balaban J connectivity index is 1.76. The predicted octanol–water partition coefficient (Wildman–Crippen LogP) is 5.76. The number of benzene rings is 2. The number of aliphatic carboxylic acids is 1. The molecule has 0 aliphatic carbocycles. The van der Waals surface area contributed by atoms with E-state index >= 15 is 0 Å². The fourth-order valence-electron chi connectivity index (χ4n) is 2.96. The molecule has 0 atom stereocenters. The Morgan fingerprint density at radius 1 is 1.14 bits per heavy atom. The molecule has 0 saturated heterocycles. The zero-order valence-electron chi connectivity index (χ0n) is 15.2. The van der Waals surface area contributed by atoms with Crippen molar-refractivity contribution >= 4 is 28.5 Å². The van der Waals surface area contributed by atoms with E-state index in [0.717, 1.165) is 22.9 Å². The quantitative estimate of drug-likeness (QED) is 0.491.